The number of fused-ring (bicyclic) bond motifs is 1. The van der Waals surface area contributed by atoms with Crippen LogP contribution in [0.3, 0.4) is 0 Å². The van der Waals surface area contributed by atoms with Gasteiger partial charge in [0.25, 0.3) is 0 Å². The number of amides is 1. The van der Waals surface area contributed by atoms with Gasteiger partial charge >= 0.3 is 0 Å². The maximum Gasteiger partial charge on any atom is 0.230 e. The number of unbranched alkanes of at least 4 members (excludes halogenated alkanes) is 1. The van der Waals surface area contributed by atoms with Gasteiger partial charge in [0.05, 0.1) is 12.9 Å². The average Bonchev–Trinajstić information content (AvgIpc) is 3.28. The van der Waals surface area contributed by atoms with E-state index in [1.165, 1.54) is 11.8 Å². The Kier molecular flexibility index (Phi) is 8.30. The van der Waals surface area contributed by atoms with Gasteiger partial charge in [-0.2, -0.15) is 0 Å². The molecule has 0 saturated carbocycles. The molecule has 0 saturated heterocycles. The molecule has 1 aromatic heterocycles. The van der Waals surface area contributed by atoms with E-state index in [9.17, 15) is 4.79 Å². The van der Waals surface area contributed by atoms with Gasteiger partial charge in [-0.15, -0.1) is 10.2 Å². The van der Waals surface area contributed by atoms with Crippen molar-refractivity contribution in [3.63, 3.8) is 0 Å². The van der Waals surface area contributed by atoms with E-state index in [2.05, 4.69) is 27.0 Å². The molecule has 3 aromatic rings. The van der Waals surface area contributed by atoms with Crippen molar-refractivity contribution in [3.05, 3.63) is 48.0 Å². The number of hydrogen-bond acceptors (Lipinski definition) is 7. The van der Waals surface area contributed by atoms with Crippen molar-refractivity contribution < 1.29 is 19.0 Å². The standard InChI is InChI=1S/C25H30N4O4S/c1-3-4-13-29-24(19-6-8-20(31-2)9-7-19)27-28-25(29)34-17-23(30)26-12-11-18-5-10-21-22(16-18)33-15-14-32-21/h5-10,16H,3-4,11-15,17H2,1-2H3,(H,26,30). The Morgan fingerprint density at radius 3 is 2.68 bits per heavy atom. The summed E-state index contributed by atoms with van der Waals surface area (Å²) in [6.45, 7) is 4.65. The highest BCUT2D eigenvalue weighted by Crippen LogP contribution is 2.31. The van der Waals surface area contributed by atoms with Gasteiger partial charge in [0, 0.05) is 18.7 Å². The summed E-state index contributed by atoms with van der Waals surface area (Å²) in [7, 11) is 1.65. The molecule has 8 nitrogen and oxygen atoms in total. The summed E-state index contributed by atoms with van der Waals surface area (Å²) in [6.07, 6.45) is 2.79. The van der Waals surface area contributed by atoms with E-state index in [4.69, 9.17) is 14.2 Å². The normalized spacial score (nSPS) is 12.4. The average molecular weight is 483 g/mol. The lowest BCUT2D eigenvalue weighted by Gasteiger charge is -2.18. The number of carbonyl (C=O) groups excluding carboxylic acids is 1. The molecule has 0 aliphatic carbocycles. The van der Waals surface area contributed by atoms with E-state index in [-0.39, 0.29) is 11.7 Å². The fourth-order valence-corrected chi connectivity index (χ4v) is 4.43. The fraction of sp³-hybridized carbons (Fsp3) is 0.400. The molecule has 0 atom stereocenters. The topological polar surface area (TPSA) is 87.5 Å². The number of nitrogens with one attached hydrogen (secondary N) is 1. The molecule has 4 rings (SSSR count). The van der Waals surface area contributed by atoms with E-state index < -0.39 is 0 Å². The van der Waals surface area contributed by atoms with Crippen LogP contribution in [-0.2, 0) is 17.8 Å². The zero-order valence-corrected chi connectivity index (χ0v) is 20.4. The Labute approximate surface area is 204 Å². The highest BCUT2D eigenvalue weighted by atomic mass is 32.2. The summed E-state index contributed by atoms with van der Waals surface area (Å²) in [5.41, 5.74) is 2.07. The molecule has 9 heteroatoms. The van der Waals surface area contributed by atoms with Gasteiger partial charge < -0.3 is 24.1 Å². The molecular formula is C25H30N4O4S. The first-order valence-electron chi connectivity index (χ1n) is 11.5. The second-order valence-electron chi connectivity index (χ2n) is 7.91. The quantitative estimate of drug-likeness (QED) is 0.414. The minimum atomic E-state index is -0.0291. The van der Waals surface area contributed by atoms with E-state index in [0.717, 1.165) is 65.2 Å². The van der Waals surface area contributed by atoms with E-state index in [1.807, 2.05) is 42.5 Å². The monoisotopic (exact) mass is 482 g/mol. The summed E-state index contributed by atoms with van der Waals surface area (Å²) < 4.78 is 18.5. The molecule has 0 bridgehead atoms. The molecule has 1 aliphatic rings. The number of rotatable bonds is 11. The Morgan fingerprint density at radius 1 is 1.12 bits per heavy atom. The van der Waals surface area contributed by atoms with Crippen LogP contribution in [0.5, 0.6) is 17.2 Å². The number of thioether (sulfide) groups is 1. The Hall–Kier alpha value is -3.20. The Balaban J connectivity index is 1.32. The van der Waals surface area contributed by atoms with E-state index in [1.54, 1.807) is 7.11 Å². The van der Waals surface area contributed by atoms with Crippen LogP contribution in [0.2, 0.25) is 0 Å². The molecule has 0 unspecified atom stereocenters. The minimum absolute atomic E-state index is 0.0291. The SMILES string of the molecule is CCCCn1c(SCC(=O)NCCc2ccc3c(c2)OCCO3)nnc1-c1ccc(OC)cc1. The third-order valence-corrected chi connectivity index (χ3v) is 6.44. The largest absolute Gasteiger partial charge is 0.497 e. The molecule has 1 aliphatic heterocycles. The second kappa shape index (κ2) is 11.8. The van der Waals surface area contributed by atoms with Gasteiger partial charge in [-0.05, 0) is 54.8 Å². The van der Waals surface area contributed by atoms with Crippen molar-refractivity contribution in [1.29, 1.82) is 0 Å². The summed E-state index contributed by atoms with van der Waals surface area (Å²) in [6, 6.07) is 13.7. The highest BCUT2D eigenvalue weighted by Gasteiger charge is 2.16. The molecule has 1 N–H and O–H groups in total. The van der Waals surface area contributed by atoms with Gasteiger partial charge in [-0.3, -0.25) is 4.79 Å². The maximum atomic E-state index is 12.5. The highest BCUT2D eigenvalue weighted by molar-refractivity contribution is 7.99. The lowest BCUT2D eigenvalue weighted by atomic mass is 10.1. The molecule has 2 heterocycles. The fourth-order valence-electron chi connectivity index (χ4n) is 3.64. The van der Waals surface area contributed by atoms with Crippen LogP contribution in [0.4, 0.5) is 0 Å². The first kappa shape index (κ1) is 23.9. The van der Waals surface area contributed by atoms with Crippen LogP contribution in [0.25, 0.3) is 11.4 Å². The predicted octanol–water partition coefficient (Wildman–Crippen LogP) is 3.98. The third kappa shape index (κ3) is 6.02. The van der Waals surface area contributed by atoms with Crippen LogP contribution in [-0.4, -0.2) is 53.3 Å². The van der Waals surface area contributed by atoms with Crippen LogP contribution >= 0.6 is 11.8 Å². The van der Waals surface area contributed by atoms with E-state index >= 15 is 0 Å². The van der Waals surface area contributed by atoms with Gasteiger partial charge in [0.15, 0.2) is 22.5 Å². The molecule has 2 aromatic carbocycles. The molecule has 0 fully saturated rings. The third-order valence-electron chi connectivity index (χ3n) is 5.48. The number of nitrogens with zero attached hydrogens (tertiary/aromatic N) is 3. The first-order chi connectivity index (χ1) is 16.7. The van der Waals surface area contributed by atoms with Crippen molar-refractivity contribution in [2.45, 2.75) is 37.9 Å². The maximum absolute atomic E-state index is 12.5. The summed E-state index contributed by atoms with van der Waals surface area (Å²) in [5.74, 6) is 3.40. The number of ether oxygens (including phenoxy) is 3. The molecule has 0 radical (unpaired) electrons. The molecule has 0 spiro atoms. The van der Waals surface area contributed by atoms with Crippen molar-refractivity contribution >= 4 is 17.7 Å². The molecular weight excluding hydrogens is 452 g/mol. The molecule has 34 heavy (non-hydrogen) atoms. The predicted molar refractivity (Wildman–Crippen MR) is 132 cm³/mol. The van der Waals surface area contributed by atoms with Gasteiger partial charge in [0.1, 0.15) is 19.0 Å². The van der Waals surface area contributed by atoms with Crippen molar-refractivity contribution in [2.24, 2.45) is 0 Å². The van der Waals surface area contributed by atoms with Crippen molar-refractivity contribution in [3.8, 4) is 28.6 Å². The minimum Gasteiger partial charge on any atom is -0.497 e. The van der Waals surface area contributed by atoms with Crippen molar-refractivity contribution in [1.82, 2.24) is 20.1 Å². The number of hydrogen-bond donors (Lipinski definition) is 1. The number of aromatic nitrogens is 3. The zero-order chi connectivity index (χ0) is 23.8. The van der Waals surface area contributed by atoms with Crippen molar-refractivity contribution in [2.75, 3.05) is 32.6 Å². The lowest BCUT2D eigenvalue weighted by molar-refractivity contribution is -0.118. The Bertz CT molecular complexity index is 1100. The summed E-state index contributed by atoms with van der Waals surface area (Å²) in [5, 5.41) is 12.5. The number of methoxy groups -OCH3 is 1. The summed E-state index contributed by atoms with van der Waals surface area (Å²) >= 11 is 1.41. The lowest BCUT2D eigenvalue weighted by Crippen LogP contribution is -2.27. The van der Waals surface area contributed by atoms with Crippen LogP contribution in [0.15, 0.2) is 47.6 Å². The van der Waals surface area contributed by atoms with E-state index in [0.29, 0.717) is 19.8 Å². The van der Waals surface area contributed by atoms with Crippen LogP contribution in [0.1, 0.15) is 25.3 Å². The Morgan fingerprint density at radius 2 is 1.91 bits per heavy atom. The molecule has 1 amide bonds. The van der Waals surface area contributed by atoms with Crippen LogP contribution in [0, 0.1) is 0 Å². The smallest absolute Gasteiger partial charge is 0.230 e. The molecule has 180 valence electrons. The number of benzene rings is 2. The van der Waals surface area contributed by atoms with Gasteiger partial charge in [-0.25, -0.2) is 0 Å². The van der Waals surface area contributed by atoms with Crippen LogP contribution < -0.4 is 19.5 Å². The van der Waals surface area contributed by atoms with Gasteiger partial charge in [0.2, 0.25) is 5.91 Å². The number of carbonyl (C=O) groups is 1. The second-order valence-corrected chi connectivity index (χ2v) is 8.85. The summed E-state index contributed by atoms with van der Waals surface area (Å²) in [4.78, 5) is 12.5. The zero-order valence-electron chi connectivity index (χ0n) is 19.6. The first-order valence-corrected chi connectivity index (χ1v) is 12.5. The van der Waals surface area contributed by atoms with Gasteiger partial charge in [-0.1, -0.05) is 31.2 Å².